The molecule has 1 aromatic carbocycles. The Kier molecular flexibility index (Phi) is 5.35. The molecule has 0 saturated heterocycles. The Bertz CT molecular complexity index is 850. The van der Waals surface area contributed by atoms with Gasteiger partial charge in [-0.2, -0.15) is 0 Å². The summed E-state index contributed by atoms with van der Waals surface area (Å²) in [5, 5.41) is 6.54. The van der Waals surface area contributed by atoms with Gasteiger partial charge in [-0.1, -0.05) is 6.07 Å². The van der Waals surface area contributed by atoms with Gasteiger partial charge in [-0.3, -0.25) is 0 Å². The molecule has 1 N–H and O–H groups in total. The molecule has 0 fully saturated rings. The number of anilines is 1. The third-order valence-electron chi connectivity index (χ3n) is 4.14. The number of hydrogen-bond donors (Lipinski definition) is 1. The Labute approximate surface area is 151 Å². The van der Waals surface area contributed by atoms with E-state index in [0.717, 1.165) is 33.1 Å². The zero-order valence-corrected chi connectivity index (χ0v) is 15.6. The Hall–Kier alpha value is -2.38. The number of hydrogen-bond acceptors (Lipinski definition) is 7. The first kappa shape index (κ1) is 17.4. The van der Waals surface area contributed by atoms with E-state index in [1.165, 1.54) is 0 Å². The molecule has 0 bridgehead atoms. The Morgan fingerprint density at radius 3 is 2.64 bits per heavy atom. The average molecular weight is 358 g/mol. The number of ether oxygens (including phenoxy) is 2. The third kappa shape index (κ3) is 3.67. The van der Waals surface area contributed by atoms with Crippen LogP contribution in [0.1, 0.15) is 11.6 Å². The second kappa shape index (κ2) is 7.67. The van der Waals surface area contributed by atoms with E-state index in [0.29, 0.717) is 6.54 Å². The van der Waals surface area contributed by atoms with Gasteiger partial charge in [0.1, 0.15) is 17.0 Å². The van der Waals surface area contributed by atoms with Crippen molar-refractivity contribution in [3.05, 3.63) is 41.5 Å². The lowest BCUT2D eigenvalue weighted by atomic mass is 10.0. The monoisotopic (exact) mass is 358 g/mol. The maximum atomic E-state index is 5.43. The van der Waals surface area contributed by atoms with Crippen LogP contribution in [0.2, 0.25) is 0 Å². The van der Waals surface area contributed by atoms with Gasteiger partial charge in [0.25, 0.3) is 0 Å². The van der Waals surface area contributed by atoms with Crippen LogP contribution in [0.25, 0.3) is 10.2 Å². The predicted molar refractivity (Wildman–Crippen MR) is 102 cm³/mol. The zero-order chi connectivity index (χ0) is 17.8. The summed E-state index contributed by atoms with van der Waals surface area (Å²) >= 11 is 1.62. The first-order valence-corrected chi connectivity index (χ1v) is 8.82. The normalized spacial score (nSPS) is 12.4. The summed E-state index contributed by atoms with van der Waals surface area (Å²) in [5.41, 5.74) is 1.14. The molecule has 132 valence electrons. The number of thiophene rings is 1. The summed E-state index contributed by atoms with van der Waals surface area (Å²) in [4.78, 5) is 11.8. The second-order valence-corrected chi connectivity index (χ2v) is 6.73. The van der Waals surface area contributed by atoms with Crippen LogP contribution >= 0.6 is 11.3 Å². The average Bonchev–Trinajstić information content (AvgIpc) is 3.11. The predicted octanol–water partition coefficient (Wildman–Crippen LogP) is 3.42. The third-order valence-corrected chi connectivity index (χ3v) is 4.96. The van der Waals surface area contributed by atoms with Gasteiger partial charge in [0.15, 0.2) is 11.5 Å². The Morgan fingerprint density at radius 1 is 1.12 bits per heavy atom. The van der Waals surface area contributed by atoms with Crippen molar-refractivity contribution in [1.82, 2.24) is 14.9 Å². The molecule has 6 nitrogen and oxygen atoms in total. The van der Waals surface area contributed by atoms with Crippen LogP contribution in [-0.4, -0.2) is 49.7 Å². The van der Waals surface area contributed by atoms with Crippen LogP contribution < -0.4 is 14.8 Å². The highest BCUT2D eigenvalue weighted by atomic mass is 32.1. The van der Waals surface area contributed by atoms with Crippen LogP contribution in [0.3, 0.4) is 0 Å². The highest BCUT2D eigenvalue weighted by Crippen LogP contribution is 2.32. The molecule has 0 unspecified atom stereocenters. The molecule has 0 saturated carbocycles. The van der Waals surface area contributed by atoms with Crippen LogP contribution in [-0.2, 0) is 0 Å². The number of benzene rings is 1. The molecular weight excluding hydrogens is 336 g/mol. The van der Waals surface area contributed by atoms with Crippen molar-refractivity contribution >= 4 is 27.4 Å². The molecule has 3 rings (SSSR count). The maximum absolute atomic E-state index is 5.43. The quantitative estimate of drug-likeness (QED) is 0.698. The first-order chi connectivity index (χ1) is 12.1. The second-order valence-electron chi connectivity index (χ2n) is 5.84. The molecule has 0 aliphatic heterocycles. The number of likely N-dealkylation sites (N-methyl/N-ethyl adjacent to an activating group) is 1. The van der Waals surface area contributed by atoms with Crippen molar-refractivity contribution in [2.75, 3.05) is 40.2 Å². The highest BCUT2D eigenvalue weighted by molar-refractivity contribution is 7.16. The van der Waals surface area contributed by atoms with E-state index < -0.39 is 0 Å². The minimum absolute atomic E-state index is 0.156. The van der Waals surface area contributed by atoms with E-state index in [-0.39, 0.29) is 6.04 Å². The van der Waals surface area contributed by atoms with E-state index in [4.69, 9.17) is 9.47 Å². The summed E-state index contributed by atoms with van der Waals surface area (Å²) in [5.74, 6) is 2.32. The molecule has 0 aliphatic carbocycles. The number of nitrogens with one attached hydrogen (secondary N) is 1. The van der Waals surface area contributed by atoms with Crippen molar-refractivity contribution in [1.29, 1.82) is 0 Å². The highest BCUT2D eigenvalue weighted by Gasteiger charge is 2.17. The molecule has 7 heteroatoms. The smallest absolute Gasteiger partial charge is 0.161 e. The SMILES string of the molecule is COc1ccc([C@@H](CNc2ncnc3sccc23)N(C)C)cc1OC. The molecule has 2 aromatic heterocycles. The minimum Gasteiger partial charge on any atom is -0.493 e. The number of aromatic nitrogens is 2. The van der Waals surface area contributed by atoms with Gasteiger partial charge in [0.2, 0.25) is 0 Å². The van der Waals surface area contributed by atoms with Crippen molar-refractivity contribution < 1.29 is 9.47 Å². The number of fused-ring (bicyclic) bond motifs is 1. The fourth-order valence-electron chi connectivity index (χ4n) is 2.78. The van der Waals surface area contributed by atoms with E-state index in [9.17, 15) is 0 Å². The lowest BCUT2D eigenvalue weighted by Crippen LogP contribution is -2.27. The Morgan fingerprint density at radius 2 is 1.92 bits per heavy atom. The molecule has 1 atom stereocenters. The fourth-order valence-corrected chi connectivity index (χ4v) is 3.52. The van der Waals surface area contributed by atoms with Gasteiger partial charge in [0.05, 0.1) is 25.6 Å². The van der Waals surface area contributed by atoms with Gasteiger partial charge in [-0.25, -0.2) is 9.97 Å². The first-order valence-electron chi connectivity index (χ1n) is 7.94. The van der Waals surface area contributed by atoms with Crippen molar-refractivity contribution in [2.45, 2.75) is 6.04 Å². The van der Waals surface area contributed by atoms with Gasteiger partial charge < -0.3 is 19.7 Å². The summed E-state index contributed by atoms with van der Waals surface area (Å²) in [6.45, 7) is 0.713. The van der Waals surface area contributed by atoms with Crippen LogP contribution in [0.15, 0.2) is 36.0 Å². The summed E-state index contributed by atoms with van der Waals surface area (Å²) < 4.78 is 10.8. The largest absolute Gasteiger partial charge is 0.493 e. The molecule has 2 heterocycles. The Balaban J connectivity index is 1.83. The summed E-state index contributed by atoms with van der Waals surface area (Å²) in [7, 11) is 7.41. The van der Waals surface area contributed by atoms with E-state index in [1.54, 1.807) is 31.9 Å². The van der Waals surface area contributed by atoms with Gasteiger partial charge >= 0.3 is 0 Å². The van der Waals surface area contributed by atoms with Gasteiger partial charge in [-0.05, 0) is 43.2 Å². The number of nitrogens with zero attached hydrogens (tertiary/aromatic N) is 3. The molecular formula is C18H22N4O2S. The topological polar surface area (TPSA) is 59.5 Å². The summed E-state index contributed by atoms with van der Waals surface area (Å²) in [6.07, 6.45) is 1.60. The van der Waals surface area contributed by atoms with Crippen LogP contribution in [0.4, 0.5) is 5.82 Å². The summed E-state index contributed by atoms with van der Waals surface area (Å²) in [6, 6.07) is 8.22. The van der Waals surface area contributed by atoms with E-state index >= 15 is 0 Å². The van der Waals surface area contributed by atoms with Crippen LogP contribution in [0.5, 0.6) is 11.5 Å². The molecule has 0 spiro atoms. The zero-order valence-electron chi connectivity index (χ0n) is 14.8. The van der Waals surface area contributed by atoms with Gasteiger partial charge in [-0.15, -0.1) is 11.3 Å². The van der Waals surface area contributed by atoms with E-state index in [2.05, 4.69) is 40.3 Å². The standard InChI is InChI=1S/C18H22N4O2S/c1-22(2)14(12-5-6-15(23-3)16(9-12)24-4)10-19-17-13-7-8-25-18(13)21-11-20-17/h5-9,11,14H,10H2,1-4H3,(H,19,20,21)/t14-/m1/s1. The number of rotatable bonds is 7. The molecule has 0 aliphatic rings. The molecule has 0 amide bonds. The lowest BCUT2D eigenvalue weighted by Gasteiger charge is -2.26. The van der Waals surface area contributed by atoms with Crippen molar-refractivity contribution in [3.63, 3.8) is 0 Å². The fraction of sp³-hybridized carbons (Fsp3) is 0.333. The molecule has 3 aromatic rings. The van der Waals surface area contributed by atoms with Crippen molar-refractivity contribution in [3.8, 4) is 11.5 Å². The maximum Gasteiger partial charge on any atom is 0.161 e. The minimum atomic E-state index is 0.156. The van der Waals surface area contributed by atoms with Crippen molar-refractivity contribution in [2.24, 2.45) is 0 Å². The van der Waals surface area contributed by atoms with Gasteiger partial charge in [0, 0.05) is 6.54 Å². The van der Waals surface area contributed by atoms with Crippen LogP contribution in [0, 0.1) is 0 Å². The van der Waals surface area contributed by atoms with E-state index in [1.807, 2.05) is 23.6 Å². The molecule has 0 radical (unpaired) electrons. The number of methoxy groups -OCH3 is 2. The lowest BCUT2D eigenvalue weighted by molar-refractivity contribution is 0.308. The molecule has 25 heavy (non-hydrogen) atoms.